The van der Waals surface area contributed by atoms with Gasteiger partial charge in [0.25, 0.3) is 0 Å². The Labute approximate surface area is 58.9 Å². The molecule has 0 radical (unpaired) electrons. The second-order valence-electron chi connectivity index (χ2n) is 0.582. The van der Waals surface area contributed by atoms with Crippen LogP contribution in [0.3, 0.4) is 0 Å². The van der Waals surface area contributed by atoms with Crippen LogP contribution in [0.1, 0.15) is 6.92 Å². The summed E-state index contributed by atoms with van der Waals surface area (Å²) in [6, 6.07) is 0. The molecule has 0 aliphatic heterocycles. The number of halogens is 2. The smallest absolute Gasteiger partial charge is 0.0839 e. The standard InChI is InChI=1S/C2H3I2N/c1-2(3)5-4/h1H3. The van der Waals surface area contributed by atoms with Crippen molar-refractivity contribution >= 4 is 49.2 Å². The summed E-state index contributed by atoms with van der Waals surface area (Å²) in [6.07, 6.45) is 0. The molecule has 0 fully saturated rings. The molecule has 0 rings (SSSR count). The molecule has 0 atom stereocenters. The van der Waals surface area contributed by atoms with Crippen LogP contribution in [0.25, 0.3) is 0 Å². The van der Waals surface area contributed by atoms with E-state index in [2.05, 4.69) is 25.8 Å². The van der Waals surface area contributed by atoms with Gasteiger partial charge >= 0.3 is 0 Å². The van der Waals surface area contributed by atoms with Crippen molar-refractivity contribution in [2.75, 3.05) is 0 Å². The zero-order valence-electron chi connectivity index (χ0n) is 2.70. The molecule has 3 heteroatoms. The van der Waals surface area contributed by atoms with Crippen molar-refractivity contribution in [1.29, 1.82) is 0 Å². The van der Waals surface area contributed by atoms with Crippen LogP contribution in [0.2, 0.25) is 0 Å². The third-order valence-electron chi connectivity index (χ3n) is 0.116. The van der Waals surface area contributed by atoms with Gasteiger partial charge in [-0.2, -0.15) is 0 Å². The van der Waals surface area contributed by atoms with Crippen molar-refractivity contribution in [1.82, 2.24) is 0 Å². The Hall–Kier alpha value is 1.13. The fourth-order valence-corrected chi connectivity index (χ4v) is 0. The minimum absolute atomic E-state index is 1.09. The Morgan fingerprint density at radius 3 is 2.00 bits per heavy atom. The minimum atomic E-state index is 1.09. The van der Waals surface area contributed by atoms with Gasteiger partial charge in [0.2, 0.25) is 0 Å². The molecule has 0 unspecified atom stereocenters. The normalized spacial score (nSPS) is 12.2. The van der Waals surface area contributed by atoms with Gasteiger partial charge in [-0.05, 0) is 29.5 Å². The van der Waals surface area contributed by atoms with Gasteiger partial charge in [-0.1, -0.05) is 0 Å². The lowest BCUT2D eigenvalue weighted by Gasteiger charge is -1.68. The zero-order valence-corrected chi connectivity index (χ0v) is 7.02. The molecule has 5 heavy (non-hydrogen) atoms. The van der Waals surface area contributed by atoms with E-state index in [1.165, 1.54) is 0 Å². The predicted molar refractivity (Wildman–Crippen MR) is 41.1 cm³/mol. The molecule has 0 aromatic carbocycles. The van der Waals surface area contributed by atoms with Crippen LogP contribution >= 0.6 is 45.5 Å². The Balaban J connectivity index is 3.14. The van der Waals surface area contributed by atoms with Crippen molar-refractivity contribution in [3.8, 4) is 0 Å². The third-order valence-corrected chi connectivity index (χ3v) is 2.00. The van der Waals surface area contributed by atoms with E-state index >= 15 is 0 Å². The van der Waals surface area contributed by atoms with Crippen molar-refractivity contribution in [3.63, 3.8) is 0 Å². The van der Waals surface area contributed by atoms with Gasteiger partial charge in [-0.15, -0.1) is 0 Å². The minimum Gasteiger partial charge on any atom is -0.213 e. The molecule has 0 amide bonds. The van der Waals surface area contributed by atoms with E-state index in [1.54, 1.807) is 0 Å². The van der Waals surface area contributed by atoms with Gasteiger partial charge in [-0.25, -0.2) is 3.21 Å². The summed E-state index contributed by atoms with van der Waals surface area (Å²) in [4.78, 5) is 0. The van der Waals surface area contributed by atoms with Crippen LogP contribution in [0, 0.1) is 0 Å². The molecule has 0 aromatic heterocycles. The molecule has 0 heterocycles. The molecule has 0 saturated heterocycles. The van der Waals surface area contributed by atoms with E-state index in [9.17, 15) is 0 Å². The van der Waals surface area contributed by atoms with E-state index < -0.39 is 0 Å². The van der Waals surface area contributed by atoms with Gasteiger partial charge in [0, 0.05) is 0 Å². The van der Waals surface area contributed by atoms with Crippen LogP contribution in [0.5, 0.6) is 0 Å². The van der Waals surface area contributed by atoms with Gasteiger partial charge in [-0.3, -0.25) is 0 Å². The average molecular weight is 295 g/mol. The highest BCUT2D eigenvalue weighted by atomic mass is 127. The molecule has 0 aromatic rings. The van der Waals surface area contributed by atoms with Crippen LogP contribution in [-0.4, -0.2) is 3.72 Å². The van der Waals surface area contributed by atoms with E-state index in [0.29, 0.717) is 0 Å². The molecule has 0 spiro atoms. The highest BCUT2D eigenvalue weighted by Gasteiger charge is 1.67. The Morgan fingerprint density at radius 2 is 2.00 bits per heavy atom. The van der Waals surface area contributed by atoms with Crippen molar-refractivity contribution in [2.45, 2.75) is 6.92 Å². The Kier molecular flexibility index (Phi) is 4.08. The molecule has 0 aliphatic carbocycles. The molecule has 0 bridgehead atoms. The van der Waals surface area contributed by atoms with Crippen molar-refractivity contribution in [2.24, 2.45) is 3.21 Å². The molecule has 30 valence electrons. The number of hydrogen-bond donors (Lipinski definition) is 0. The van der Waals surface area contributed by atoms with E-state index in [-0.39, 0.29) is 0 Å². The van der Waals surface area contributed by atoms with Gasteiger partial charge < -0.3 is 0 Å². The summed E-state index contributed by atoms with van der Waals surface area (Å²) in [5.74, 6) is 0. The molecule has 0 saturated carbocycles. The summed E-state index contributed by atoms with van der Waals surface area (Å²) < 4.78 is 4.85. The molecular weight excluding hydrogens is 292 g/mol. The highest BCUT2D eigenvalue weighted by Crippen LogP contribution is 1.92. The summed E-state index contributed by atoms with van der Waals surface area (Å²) >= 11 is 4.11. The second kappa shape index (κ2) is 3.32. The Bertz CT molecular complexity index is 45.6. The maximum atomic E-state index is 3.76. The zero-order chi connectivity index (χ0) is 4.28. The Morgan fingerprint density at radius 1 is 1.80 bits per heavy atom. The quantitative estimate of drug-likeness (QED) is 0.480. The SMILES string of the molecule is CC(I)=NI. The average Bonchev–Trinajstić information content (AvgIpc) is 1.38. The van der Waals surface area contributed by atoms with Gasteiger partial charge in [0.05, 0.1) is 26.6 Å². The third kappa shape index (κ3) is 5.13. The maximum Gasteiger partial charge on any atom is 0.0839 e. The summed E-state index contributed by atoms with van der Waals surface area (Å²) in [5, 5.41) is 0. The first kappa shape index (κ1) is 6.13. The van der Waals surface area contributed by atoms with Crippen molar-refractivity contribution < 1.29 is 0 Å². The maximum absolute atomic E-state index is 3.76. The van der Waals surface area contributed by atoms with Crippen LogP contribution < -0.4 is 0 Å². The van der Waals surface area contributed by atoms with Crippen LogP contribution in [-0.2, 0) is 0 Å². The molecular formula is C2H3I2N. The number of hydrogen-bond acceptors (Lipinski definition) is 1. The van der Waals surface area contributed by atoms with Crippen LogP contribution in [0.15, 0.2) is 3.21 Å². The van der Waals surface area contributed by atoms with Gasteiger partial charge in [0.15, 0.2) is 0 Å². The number of rotatable bonds is 0. The fourth-order valence-electron chi connectivity index (χ4n) is 0. The largest absolute Gasteiger partial charge is 0.213 e. The first-order valence-electron chi connectivity index (χ1n) is 1.08. The van der Waals surface area contributed by atoms with E-state index in [0.717, 1.165) is 3.72 Å². The van der Waals surface area contributed by atoms with Gasteiger partial charge in [0.1, 0.15) is 0 Å². The molecule has 0 N–H and O–H groups in total. The van der Waals surface area contributed by atoms with Crippen molar-refractivity contribution in [3.05, 3.63) is 0 Å². The monoisotopic (exact) mass is 295 g/mol. The molecule has 1 nitrogen and oxygen atoms in total. The topological polar surface area (TPSA) is 12.4 Å². The second-order valence-corrected chi connectivity index (χ2v) is 2.63. The highest BCUT2D eigenvalue weighted by molar-refractivity contribution is 14.1. The lowest BCUT2D eigenvalue weighted by Crippen LogP contribution is -1.61. The lowest BCUT2D eigenvalue weighted by molar-refractivity contribution is 1.94. The summed E-state index contributed by atoms with van der Waals surface area (Å²) in [6.45, 7) is 1.95. The lowest BCUT2D eigenvalue weighted by atomic mass is 10.9. The molecule has 0 aliphatic rings. The number of nitrogens with zero attached hydrogens (tertiary/aromatic N) is 1. The summed E-state index contributed by atoms with van der Waals surface area (Å²) in [7, 11) is 0. The predicted octanol–water partition coefficient (Wildman–Crippen LogP) is 2.19. The summed E-state index contributed by atoms with van der Waals surface area (Å²) in [5.41, 5.74) is 0. The first-order chi connectivity index (χ1) is 2.27. The van der Waals surface area contributed by atoms with Crippen LogP contribution in [0.4, 0.5) is 0 Å². The van der Waals surface area contributed by atoms with E-state index in [1.807, 2.05) is 29.8 Å². The fraction of sp³-hybridized carbons (Fsp3) is 0.500. The van der Waals surface area contributed by atoms with E-state index in [4.69, 9.17) is 0 Å². The first-order valence-corrected chi connectivity index (χ1v) is 3.13.